The van der Waals surface area contributed by atoms with Crippen LogP contribution in [0.4, 0.5) is 11.4 Å². The Hall–Kier alpha value is -4.58. The number of nitro groups is 2. The Kier molecular flexibility index (Phi) is 7.35. The number of non-ortho nitro benzene ring substituents is 2. The molecule has 0 aliphatic heterocycles. The summed E-state index contributed by atoms with van der Waals surface area (Å²) < 4.78 is 1.74. The quantitative estimate of drug-likeness (QED) is 0.197. The monoisotopic (exact) mass is 504 g/mol. The van der Waals surface area contributed by atoms with Crippen LogP contribution in [-0.4, -0.2) is 30.5 Å². The summed E-state index contributed by atoms with van der Waals surface area (Å²) in [6.45, 7) is 2.04. The first-order chi connectivity index (χ1) is 17.3. The third-order valence-electron chi connectivity index (χ3n) is 5.38. The van der Waals surface area contributed by atoms with Gasteiger partial charge in [-0.05, 0) is 42.3 Å². The Morgan fingerprint density at radius 2 is 1.53 bits per heavy atom. The summed E-state index contributed by atoms with van der Waals surface area (Å²) in [4.78, 5) is 33.5. The molecule has 11 nitrogen and oxygen atoms in total. The first kappa shape index (κ1) is 24.5. The molecular weight excluding hydrogens is 484 g/mol. The Bertz CT molecular complexity index is 1420. The summed E-state index contributed by atoms with van der Waals surface area (Å²) in [5.74, 6) is 0.621. The van der Waals surface area contributed by atoms with Crippen molar-refractivity contribution in [2.24, 2.45) is 0 Å². The average molecular weight is 505 g/mol. The molecule has 12 heteroatoms. The summed E-state index contributed by atoms with van der Waals surface area (Å²) in [5, 5.41) is 33.8. The molecule has 1 aromatic heterocycles. The normalized spacial score (nSPS) is 10.7. The van der Waals surface area contributed by atoms with Gasteiger partial charge in [-0.2, -0.15) is 0 Å². The number of amides is 1. The second kappa shape index (κ2) is 10.8. The highest BCUT2D eigenvalue weighted by Gasteiger charge is 2.18. The Balaban J connectivity index is 1.58. The number of hydrogen-bond donors (Lipinski definition) is 1. The van der Waals surface area contributed by atoms with Crippen molar-refractivity contribution in [3.05, 3.63) is 116 Å². The Morgan fingerprint density at radius 3 is 2.14 bits per heavy atom. The van der Waals surface area contributed by atoms with Crippen molar-refractivity contribution in [3.63, 3.8) is 0 Å². The maximum atomic E-state index is 12.6. The molecule has 0 aliphatic rings. The van der Waals surface area contributed by atoms with Crippen molar-refractivity contribution in [3.8, 4) is 5.69 Å². The lowest BCUT2D eigenvalue weighted by Crippen LogP contribution is -2.24. The molecule has 36 heavy (non-hydrogen) atoms. The van der Waals surface area contributed by atoms with E-state index < -0.39 is 15.8 Å². The van der Waals surface area contributed by atoms with E-state index in [-0.39, 0.29) is 23.5 Å². The number of nitro benzene ring substituents is 2. The van der Waals surface area contributed by atoms with Gasteiger partial charge in [0, 0.05) is 41.3 Å². The number of nitrogens with one attached hydrogen (secondary N) is 1. The third kappa shape index (κ3) is 5.55. The number of nitrogens with zero attached hydrogens (tertiary/aromatic N) is 5. The van der Waals surface area contributed by atoms with Crippen molar-refractivity contribution in [2.75, 3.05) is 0 Å². The van der Waals surface area contributed by atoms with Gasteiger partial charge < -0.3 is 5.32 Å². The first-order valence-electron chi connectivity index (χ1n) is 10.7. The number of hydrogen-bond acceptors (Lipinski definition) is 8. The van der Waals surface area contributed by atoms with Crippen LogP contribution in [0.1, 0.15) is 27.3 Å². The van der Waals surface area contributed by atoms with E-state index in [2.05, 4.69) is 15.5 Å². The van der Waals surface area contributed by atoms with Crippen molar-refractivity contribution in [1.82, 2.24) is 20.1 Å². The summed E-state index contributed by atoms with van der Waals surface area (Å²) in [6.07, 6.45) is 0. The van der Waals surface area contributed by atoms with Crippen molar-refractivity contribution in [1.29, 1.82) is 0 Å². The van der Waals surface area contributed by atoms with Crippen molar-refractivity contribution >= 4 is 29.0 Å². The smallest absolute Gasteiger partial charge is 0.269 e. The fourth-order valence-corrected chi connectivity index (χ4v) is 4.45. The van der Waals surface area contributed by atoms with Gasteiger partial charge in [-0.25, -0.2) is 0 Å². The lowest BCUT2D eigenvalue weighted by Gasteiger charge is -2.11. The molecule has 3 aromatic carbocycles. The minimum absolute atomic E-state index is 0.0186. The summed E-state index contributed by atoms with van der Waals surface area (Å²) >= 11 is 1.45. The second-order valence-corrected chi connectivity index (χ2v) is 8.65. The number of thioether (sulfide) groups is 1. The number of carbonyl (C=O) groups is 1. The maximum absolute atomic E-state index is 12.6. The lowest BCUT2D eigenvalue weighted by molar-refractivity contribution is -0.385. The molecule has 0 radical (unpaired) electrons. The van der Waals surface area contributed by atoms with Crippen molar-refractivity contribution in [2.45, 2.75) is 24.4 Å². The SMILES string of the molecule is Cc1ccccc1CSc1nnc(CNC(=O)c2ccc([N+](=O)[O-])cc2)n1-c1ccc([N+](=O)[O-])cc1. The highest BCUT2D eigenvalue weighted by molar-refractivity contribution is 7.98. The van der Waals surface area contributed by atoms with Gasteiger partial charge in [0.15, 0.2) is 11.0 Å². The molecule has 0 unspecified atom stereocenters. The number of benzene rings is 3. The predicted molar refractivity (Wildman–Crippen MR) is 133 cm³/mol. The number of rotatable bonds is 9. The van der Waals surface area contributed by atoms with Gasteiger partial charge in [0.25, 0.3) is 17.3 Å². The highest BCUT2D eigenvalue weighted by atomic mass is 32.2. The molecule has 1 heterocycles. The second-order valence-electron chi connectivity index (χ2n) is 7.71. The van der Waals surface area contributed by atoms with E-state index in [1.807, 2.05) is 31.2 Å². The van der Waals surface area contributed by atoms with Crippen LogP contribution in [-0.2, 0) is 12.3 Å². The maximum Gasteiger partial charge on any atom is 0.269 e. The van der Waals surface area contributed by atoms with E-state index >= 15 is 0 Å². The van der Waals surface area contributed by atoms with Crippen LogP contribution >= 0.6 is 11.8 Å². The molecule has 0 bridgehead atoms. The van der Waals surface area contributed by atoms with Gasteiger partial charge in [0.05, 0.1) is 16.4 Å². The molecule has 4 aromatic rings. The van der Waals surface area contributed by atoms with E-state index in [1.165, 1.54) is 48.2 Å². The molecular formula is C24H20N6O5S. The van der Waals surface area contributed by atoms with E-state index in [0.29, 0.717) is 22.4 Å². The van der Waals surface area contributed by atoms with Crippen LogP contribution in [0.2, 0.25) is 0 Å². The van der Waals surface area contributed by atoms with Crippen LogP contribution < -0.4 is 5.32 Å². The molecule has 4 rings (SSSR count). The summed E-state index contributed by atoms with van der Waals surface area (Å²) in [5.41, 5.74) is 2.98. The van der Waals surface area contributed by atoms with E-state index in [4.69, 9.17) is 0 Å². The zero-order valence-corrected chi connectivity index (χ0v) is 19.8. The van der Waals surface area contributed by atoms with E-state index in [9.17, 15) is 25.0 Å². The zero-order valence-electron chi connectivity index (χ0n) is 19.0. The summed E-state index contributed by atoms with van der Waals surface area (Å²) in [6, 6.07) is 19.2. The first-order valence-corrected chi connectivity index (χ1v) is 11.7. The van der Waals surface area contributed by atoms with Crippen LogP contribution in [0.25, 0.3) is 5.69 Å². The molecule has 0 atom stereocenters. The van der Waals surface area contributed by atoms with Crippen LogP contribution in [0.5, 0.6) is 0 Å². The van der Waals surface area contributed by atoms with Gasteiger partial charge in [-0.15, -0.1) is 10.2 Å². The van der Waals surface area contributed by atoms with Crippen LogP contribution in [0.15, 0.2) is 78.0 Å². The third-order valence-corrected chi connectivity index (χ3v) is 6.36. The number of carbonyl (C=O) groups excluding carboxylic acids is 1. The van der Waals surface area contributed by atoms with Gasteiger partial charge in [-0.3, -0.25) is 29.6 Å². The Labute approximate surface area is 209 Å². The molecule has 0 saturated carbocycles. The fraction of sp³-hybridized carbons (Fsp3) is 0.125. The van der Waals surface area contributed by atoms with E-state index in [0.717, 1.165) is 11.1 Å². The lowest BCUT2D eigenvalue weighted by atomic mass is 10.1. The standard InChI is InChI=1S/C24H20N6O5S/c1-16-4-2-3-5-18(16)15-36-24-27-26-22(28(24)19-10-12-21(13-11-19)30(34)35)14-25-23(31)17-6-8-20(9-7-17)29(32)33/h2-13H,14-15H2,1H3,(H,25,31). The molecule has 182 valence electrons. The molecule has 1 N–H and O–H groups in total. The van der Waals surface area contributed by atoms with Gasteiger partial charge in [-0.1, -0.05) is 36.0 Å². The van der Waals surface area contributed by atoms with Crippen molar-refractivity contribution < 1.29 is 14.6 Å². The fourth-order valence-electron chi connectivity index (χ4n) is 3.40. The van der Waals surface area contributed by atoms with Crippen LogP contribution in [0.3, 0.4) is 0 Å². The number of aromatic nitrogens is 3. The largest absolute Gasteiger partial charge is 0.345 e. The molecule has 0 fully saturated rings. The molecule has 0 spiro atoms. The Morgan fingerprint density at radius 1 is 0.917 bits per heavy atom. The molecule has 0 aliphatic carbocycles. The molecule has 1 amide bonds. The average Bonchev–Trinajstić information content (AvgIpc) is 3.29. The van der Waals surface area contributed by atoms with Gasteiger partial charge in [0.1, 0.15) is 0 Å². The van der Waals surface area contributed by atoms with E-state index in [1.54, 1.807) is 16.7 Å². The number of aryl methyl sites for hydroxylation is 1. The highest BCUT2D eigenvalue weighted by Crippen LogP contribution is 2.27. The van der Waals surface area contributed by atoms with Gasteiger partial charge in [0.2, 0.25) is 0 Å². The topological polar surface area (TPSA) is 146 Å². The summed E-state index contributed by atoms with van der Waals surface area (Å²) in [7, 11) is 0. The minimum Gasteiger partial charge on any atom is -0.345 e. The predicted octanol–water partition coefficient (Wildman–Crippen LogP) is 4.61. The minimum atomic E-state index is -0.537. The zero-order chi connectivity index (χ0) is 25.7. The van der Waals surface area contributed by atoms with Crippen LogP contribution in [0, 0.1) is 27.2 Å². The van der Waals surface area contributed by atoms with Gasteiger partial charge >= 0.3 is 0 Å². The molecule has 0 saturated heterocycles.